The molecule has 2 aliphatic rings. The predicted octanol–water partition coefficient (Wildman–Crippen LogP) is 3.26. The smallest absolute Gasteiger partial charge is 0.181 e. The fourth-order valence-corrected chi connectivity index (χ4v) is 3.56. The molecule has 1 saturated heterocycles. The molecule has 1 aliphatic carbocycles. The third-order valence-corrected chi connectivity index (χ3v) is 4.70. The van der Waals surface area contributed by atoms with Crippen LogP contribution in [0.1, 0.15) is 47.5 Å². The lowest BCUT2D eigenvalue weighted by atomic mass is 9.59. The van der Waals surface area contributed by atoms with Crippen molar-refractivity contribution in [1.29, 1.82) is 5.26 Å². The van der Waals surface area contributed by atoms with E-state index < -0.39 is 5.41 Å². The zero-order valence-corrected chi connectivity index (χ0v) is 12.5. The summed E-state index contributed by atoms with van der Waals surface area (Å²) < 4.78 is 6.26. The van der Waals surface area contributed by atoms with Crippen molar-refractivity contribution in [3.8, 4) is 6.07 Å². The first kappa shape index (κ1) is 14.3. The Bertz CT molecular complexity index is 470. The lowest BCUT2D eigenvalue weighted by Crippen LogP contribution is -2.56. The summed E-state index contributed by atoms with van der Waals surface area (Å²) in [5.41, 5.74) is -0.522. The molecule has 0 aromatic carbocycles. The second-order valence-corrected chi connectivity index (χ2v) is 7.06. The van der Waals surface area contributed by atoms with Gasteiger partial charge in [0.1, 0.15) is 6.07 Å². The van der Waals surface area contributed by atoms with Gasteiger partial charge in [-0.15, -0.1) is 0 Å². The fourth-order valence-electron chi connectivity index (χ4n) is 3.56. The number of rotatable bonds is 1. The van der Waals surface area contributed by atoms with E-state index in [1.54, 1.807) is 0 Å². The Hall–Kier alpha value is -1.14. The first-order chi connectivity index (χ1) is 8.72. The van der Waals surface area contributed by atoms with E-state index in [2.05, 4.69) is 26.8 Å². The van der Waals surface area contributed by atoms with Gasteiger partial charge in [0.05, 0.1) is 23.2 Å². The minimum Gasteiger partial charge on any atom is -0.373 e. The number of nitriles is 1. The maximum Gasteiger partial charge on any atom is 0.181 e. The van der Waals surface area contributed by atoms with Gasteiger partial charge in [-0.3, -0.25) is 4.79 Å². The number of nitrogens with zero attached hydrogens (tertiary/aromatic N) is 1. The number of ketones is 1. The average molecular weight is 261 g/mol. The lowest BCUT2D eigenvalue weighted by Gasteiger charge is -2.52. The highest BCUT2D eigenvalue weighted by molar-refractivity contribution is 6.04. The van der Waals surface area contributed by atoms with E-state index in [0.29, 0.717) is 11.5 Å². The molecule has 0 amide bonds. The Balaban J connectivity index is 2.43. The van der Waals surface area contributed by atoms with Crippen molar-refractivity contribution < 1.29 is 9.53 Å². The van der Waals surface area contributed by atoms with Gasteiger partial charge in [0.2, 0.25) is 0 Å². The van der Waals surface area contributed by atoms with E-state index in [1.807, 2.05) is 19.9 Å². The summed E-state index contributed by atoms with van der Waals surface area (Å²) in [4.78, 5) is 12.4. The summed E-state index contributed by atoms with van der Waals surface area (Å²) in [7, 11) is 0. The Morgan fingerprint density at radius 2 is 2.05 bits per heavy atom. The number of ether oxygens (including phenoxy) is 1. The van der Waals surface area contributed by atoms with Gasteiger partial charge >= 0.3 is 0 Å². The van der Waals surface area contributed by atoms with E-state index in [-0.39, 0.29) is 23.4 Å². The van der Waals surface area contributed by atoms with E-state index in [1.165, 1.54) is 0 Å². The van der Waals surface area contributed by atoms with Crippen molar-refractivity contribution >= 4 is 5.78 Å². The second kappa shape index (κ2) is 4.45. The van der Waals surface area contributed by atoms with Gasteiger partial charge in [-0.1, -0.05) is 26.8 Å². The molecule has 3 nitrogen and oxygen atoms in total. The molecule has 2 rings (SSSR count). The summed E-state index contributed by atoms with van der Waals surface area (Å²) in [6.07, 6.45) is 3.89. The van der Waals surface area contributed by atoms with Crippen molar-refractivity contribution in [2.75, 3.05) is 0 Å². The van der Waals surface area contributed by atoms with Crippen LogP contribution in [0.5, 0.6) is 0 Å². The average Bonchev–Trinajstić information content (AvgIpc) is 2.33. The standard InChI is InChI=1S/C16H23NO2/c1-10(2)12-6-7-16(5)8-11(9-17)13(18)15(3,4)14(16)19-12/h8,10,12,14H,6-7H2,1-5H3/t12-,14-,16-/m0/s1. The van der Waals surface area contributed by atoms with Crippen LogP contribution in [0.2, 0.25) is 0 Å². The Kier molecular flexibility index (Phi) is 3.35. The highest BCUT2D eigenvalue weighted by Crippen LogP contribution is 2.51. The number of carbonyl (C=O) groups excluding carboxylic acids is 1. The van der Waals surface area contributed by atoms with Crippen molar-refractivity contribution in [3.63, 3.8) is 0 Å². The topological polar surface area (TPSA) is 50.1 Å². The van der Waals surface area contributed by atoms with Gasteiger partial charge in [-0.2, -0.15) is 5.26 Å². The molecular weight excluding hydrogens is 238 g/mol. The second-order valence-electron chi connectivity index (χ2n) is 7.06. The van der Waals surface area contributed by atoms with Gasteiger partial charge in [-0.05, 0) is 32.6 Å². The Morgan fingerprint density at radius 3 is 2.58 bits per heavy atom. The summed E-state index contributed by atoms with van der Waals surface area (Å²) in [5, 5.41) is 9.16. The summed E-state index contributed by atoms with van der Waals surface area (Å²) in [5.74, 6) is 0.374. The fraction of sp³-hybridized carbons (Fsp3) is 0.750. The lowest BCUT2D eigenvalue weighted by molar-refractivity contribution is -0.178. The van der Waals surface area contributed by atoms with Gasteiger partial charge < -0.3 is 4.74 Å². The maximum atomic E-state index is 12.4. The first-order valence-corrected chi connectivity index (χ1v) is 7.05. The largest absolute Gasteiger partial charge is 0.373 e. The van der Waals surface area contributed by atoms with Crippen LogP contribution in [-0.2, 0) is 9.53 Å². The molecule has 3 atom stereocenters. The quantitative estimate of drug-likeness (QED) is 0.728. The van der Waals surface area contributed by atoms with E-state index in [4.69, 9.17) is 10.00 Å². The highest BCUT2D eigenvalue weighted by Gasteiger charge is 2.54. The molecule has 3 heteroatoms. The van der Waals surface area contributed by atoms with Crippen LogP contribution in [0.15, 0.2) is 11.6 Å². The number of hydrogen-bond acceptors (Lipinski definition) is 3. The number of hydrogen-bond donors (Lipinski definition) is 0. The molecule has 0 radical (unpaired) electrons. The third kappa shape index (κ3) is 2.12. The maximum absolute atomic E-state index is 12.4. The number of Topliss-reactive ketones (excluding diaryl/α,β-unsaturated/α-hetero) is 1. The zero-order chi connectivity index (χ0) is 14.4. The molecule has 104 valence electrons. The van der Waals surface area contributed by atoms with Crippen LogP contribution in [0.25, 0.3) is 0 Å². The molecule has 0 aromatic rings. The SMILES string of the molecule is CC(C)[C@@H]1CC[C@@]2(C)C=C(C#N)C(=O)C(C)(C)[C@@H]2O1. The monoisotopic (exact) mass is 261 g/mol. The molecule has 0 spiro atoms. The molecule has 0 unspecified atom stereocenters. The summed E-state index contributed by atoms with van der Waals surface area (Å²) in [6.45, 7) is 10.2. The van der Waals surface area contributed by atoms with Gasteiger partial charge in [-0.25, -0.2) is 0 Å². The van der Waals surface area contributed by atoms with Gasteiger partial charge in [0.15, 0.2) is 5.78 Å². The first-order valence-electron chi connectivity index (χ1n) is 7.05. The van der Waals surface area contributed by atoms with E-state index in [0.717, 1.165) is 12.8 Å². The van der Waals surface area contributed by atoms with Crippen LogP contribution in [0.4, 0.5) is 0 Å². The van der Waals surface area contributed by atoms with Crippen molar-refractivity contribution in [2.24, 2.45) is 16.7 Å². The molecule has 0 bridgehead atoms. The molecule has 0 aromatic heterocycles. The van der Waals surface area contributed by atoms with E-state index >= 15 is 0 Å². The normalized spacial score (nSPS) is 37.5. The molecule has 19 heavy (non-hydrogen) atoms. The minimum atomic E-state index is -0.623. The van der Waals surface area contributed by atoms with Crippen LogP contribution in [0.3, 0.4) is 0 Å². The molecule has 0 N–H and O–H groups in total. The van der Waals surface area contributed by atoms with Crippen LogP contribution in [0, 0.1) is 28.1 Å². The Morgan fingerprint density at radius 1 is 1.42 bits per heavy atom. The zero-order valence-electron chi connectivity index (χ0n) is 12.5. The molecule has 1 aliphatic heterocycles. The van der Waals surface area contributed by atoms with Crippen LogP contribution >= 0.6 is 0 Å². The molecule has 1 heterocycles. The van der Waals surface area contributed by atoms with Crippen LogP contribution < -0.4 is 0 Å². The van der Waals surface area contributed by atoms with Gasteiger partial charge in [0.25, 0.3) is 0 Å². The molecule has 1 fully saturated rings. The number of allylic oxidation sites excluding steroid dienone is 1. The predicted molar refractivity (Wildman–Crippen MR) is 73.3 cm³/mol. The number of fused-ring (bicyclic) bond motifs is 1. The highest BCUT2D eigenvalue weighted by atomic mass is 16.5. The summed E-state index contributed by atoms with van der Waals surface area (Å²) in [6, 6.07) is 2.06. The Labute approximate surface area is 115 Å². The molecule has 0 saturated carbocycles. The van der Waals surface area contributed by atoms with Crippen molar-refractivity contribution in [2.45, 2.75) is 59.7 Å². The van der Waals surface area contributed by atoms with Crippen LogP contribution in [-0.4, -0.2) is 18.0 Å². The van der Waals surface area contributed by atoms with Gasteiger partial charge in [0, 0.05) is 5.41 Å². The van der Waals surface area contributed by atoms with E-state index in [9.17, 15) is 4.79 Å². The minimum absolute atomic E-state index is 0.0816. The molecular formula is C16H23NO2. The third-order valence-electron chi connectivity index (χ3n) is 4.70. The summed E-state index contributed by atoms with van der Waals surface area (Å²) >= 11 is 0. The number of carbonyl (C=O) groups is 1. The van der Waals surface area contributed by atoms with Crippen molar-refractivity contribution in [1.82, 2.24) is 0 Å². The van der Waals surface area contributed by atoms with Crippen molar-refractivity contribution in [3.05, 3.63) is 11.6 Å².